The van der Waals surface area contributed by atoms with Crippen molar-refractivity contribution in [2.24, 2.45) is 0 Å². The monoisotopic (exact) mass is 189 g/mol. The molecule has 1 aromatic carbocycles. The quantitative estimate of drug-likeness (QED) is 0.321. The Hall–Kier alpha value is -2.02. The van der Waals surface area contributed by atoms with Crippen LogP contribution >= 0.6 is 0 Å². The molecular weight excluding hydrogens is 182 g/mol. The van der Waals surface area contributed by atoms with Crippen molar-refractivity contribution >= 4 is 5.69 Å². The number of nitro groups is 1. The first kappa shape index (κ1) is 11.0. The average molecular weight is 189 g/mol. The highest BCUT2D eigenvalue weighted by molar-refractivity contribution is 5.60. The normalized spacial score (nSPS) is 8.92. The Morgan fingerprint density at radius 1 is 1.15 bits per heavy atom. The molecular formula is C6H7NO6. The molecule has 0 saturated carbocycles. The first-order valence-electron chi connectivity index (χ1n) is 2.92. The first-order chi connectivity index (χ1) is 5.54. The summed E-state index contributed by atoms with van der Waals surface area (Å²) < 4.78 is 0. The van der Waals surface area contributed by atoms with E-state index >= 15 is 0 Å². The maximum Gasteiger partial charge on any atom is 0.314 e. The molecule has 1 rings (SSSR count). The van der Waals surface area contributed by atoms with Crippen LogP contribution in [0.3, 0.4) is 0 Å². The van der Waals surface area contributed by atoms with Crippen LogP contribution in [-0.2, 0) is 0 Å². The van der Waals surface area contributed by atoms with Crippen LogP contribution in [0.15, 0.2) is 12.1 Å². The van der Waals surface area contributed by atoms with E-state index in [1.807, 2.05) is 0 Å². The van der Waals surface area contributed by atoms with Crippen molar-refractivity contribution in [3.8, 4) is 17.2 Å². The highest BCUT2D eigenvalue weighted by atomic mass is 16.6. The van der Waals surface area contributed by atoms with E-state index in [0.717, 1.165) is 12.1 Å². The summed E-state index contributed by atoms with van der Waals surface area (Å²) >= 11 is 0. The van der Waals surface area contributed by atoms with Gasteiger partial charge in [0.25, 0.3) is 0 Å². The average Bonchev–Trinajstić information content (AvgIpc) is 2.00. The van der Waals surface area contributed by atoms with Gasteiger partial charge in [0.1, 0.15) is 0 Å². The summed E-state index contributed by atoms with van der Waals surface area (Å²) in [5, 5.41) is 36.6. The number of nitrogens with zero attached hydrogens (tertiary/aromatic N) is 1. The Bertz CT molecular complexity index is 336. The highest BCUT2D eigenvalue weighted by Crippen LogP contribution is 2.40. The molecule has 0 aliphatic heterocycles. The van der Waals surface area contributed by atoms with Crippen molar-refractivity contribution in [1.82, 2.24) is 0 Å². The lowest BCUT2D eigenvalue weighted by Gasteiger charge is -1.99. The van der Waals surface area contributed by atoms with E-state index in [0.29, 0.717) is 0 Å². The second-order valence-corrected chi connectivity index (χ2v) is 2.06. The number of phenols is 3. The summed E-state index contributed by atoms with van der Waals surface area (Å²) in [4.78, 5) is 9.27. The van der Waals surface area contributed by atoms with Gasteiger partial charge in [-0.3, -0.25) is 10.1 Å². The Kier molecular flexibility index (Phi) is 3.03. The molecule has 0 atom stereocenters. The van der Waals surface area contributed by atoms with Crippen LogP contribution in [0.1, 0.15) is 0 Å². The molecule has 1 aromatic rings. The van der Waals surface area contributed by atoms with E-state index < -0.39 is 27.9 Å². The molecule has 0 bridgehead atoms. The predicted octanol–water partition coefficient (Wildman–Crippen LogP) is -0.113. The molecule has 0 aliphatic carbocycles. The number of rotatable bonds is 1. The number of hydrogen-bond acceptors (Lipinski definition) is 5. The molecule has 7 nitrogen and oxygen atoms in total. The Morgan fingerprint density at radius 3 is 2.15 bits per heavy atom. The lowest BCUT2D eigenvalue weighted by Crippen LogP contribution is -1.88. The Labute approximate surface area is 71.9 Å². The summed E-state index contributed by atoms with van der Waals surface area (Å²) in [5.41, 5.74) is -0.648. The third-order valence-corrected chi connectivity index (χ3v) is 1.31. The van der Waals surface area contributed by atoms with Gasteiger partial charge < -0.3 is 20.8 Å². The van der Waals surface area contributed by atoms with E-state index in [2.05, 4.69) is 0 Å². The fourth-order valence-corrected chi connectivity index (χ4v) is 0.706. The zero-order valence-electron chi connectivity index (χ0n) is 6.26. The topological polar surface area (TPSA) is 135 Å². The molecule has 0 radical (unpaired) electrons. The second-order valence-electron chi connectivity index (χ2n) is 2.06. The third-order valence-electron chi connectivity index (χ3n) is 1.31. The van der Waals surface area contributed by atoms with Gasteiger partial charge in [0.15, 0.2) is 5.75 Å². The minimum absolute atomic E-state index is 0. The van der Waals surface area contributed by atoms with Gasteiger partial charge in [-0.1, -0.05) is 0 Å². The third kappa shape index (κ3) is 1.76. The fraction of sp³-hybridized carbons (Fsp3) is 0. The zero-order chi connectivity index (χ0) is 9.30. The fourth-order valence-electron chi connectivity index (χ4n) is 0.706. The van der Waals surface area contributed by atoms with Crippen molar-refractivity contribution in [2.45, 2.75) is 0 Å². The molecule has 5 N–H and O–H groups in total. The first-order valence-corrected chi connectivity index (χ1v) is 2.92. The number of phenolic OH excluding ortho intramolecular Hbond substituents is 3. The molecule has 0 saturated heterocycles. The van der Waals surface area contributed by atoms with Gasteiger partial charge in [0, 0.05) is 6.07 Å². The van der Waals surface area contributed by atoms with Crippen LogP contribution in [0.4, 0.5) is 5.69 Å². The summed E-state index contributed by atoms with van der Waals surface area (Å²) in [6, 6.07) is 1.82. The number of aromatic hydroxyl groups is 3. The molecule has 0 amide bonds. The maximum absolute atomic E-state index is 10.1. The Balaban J connectivity index is 0.00000144. The molecule has 13 heavy (non-hydrogen) atoms. The molecule has 0 aliphatic rings. The van der Waals surface area contributed by atoms with E-state index in [1.54, 1.807) is 0 Å². The highest BCUT2D eigenvalue weighted by Gasteiger charge is 2.19. The van der Waals surface area contributed by atoms with Crippen LogP contribution in [0, 0.1) is 10.1 Å². The van der Waals surface area contributed by atoms with E-state index in [4.69, 9.17) is 15.3 Å². The molecule has 72 valence electrons. The van der Waals surface area contributed by atoms with Crippen molar-refractivity contribution < 1.29 is 25.7 Å². The summed E-state index contributed by atoms with van der Waals surface area (Å²) in [5.74, 6) is -2.41. The van der Waals surface area contributed by atoms with Gasteiger partial charge in [0.2, 0.25) is 11.5 Å². The predicted molar refractivity (Wildman–Crippen MR) is 41.7 cm³/mol. The minimum atomic E-state index is -0.931. The van der Waals surface area contributed by atoms with Crippen LogP contribution in [0.2, 0.25) is 0 Å². The number of hydrogen-bond donors (Lipinski definition) is 3. The van der Waals surface area contributed by atoms with Crippen LogP contribution < -0.4 is 0 Å². The van der Waals surface area contributed by atoms with Gasteiger partial charge >= 0.3 is 5.69 Å². The Morgan fingerprint density at radius 2 is 1.69 bits per heavy atom. The largest absolute Gasteiger partial charge is 0.504 e. The lowest BCUT2D eigenvalue weighted by molar-refractivity contribution is -0.386. The lowest BCUT2D eigenvalue weighted by atomic mass is 10.2. The minimum Gasteiger partial charge on any atom is -0.504 e. The molecule has 0 spiro atoms. The van der Waals surface area contributed by atoms with Crippen molar-refractivity contribution in [2.75, 3.05) is 0 Å². The molecule has 0 heterocycles. The van der Waals surface area contributed by atoms with Gasteiger partial charge in [-0.05, 0) is 6.07 Å². The van der Waals surface area contributed by atoms with Crippen LogP contribution in [0.25, 0.3) is 0 Å². The smallest absolute Gasteiger partial charge is 0.314 e. The molecule has 7 heteroatoms. The standard InChI is InChI=1S/C6H5NO5.H2O/c8-4-2-1-3(7(11)12)5(9)6(4)10;/h1-2,8-10H;1H2. The maximum atomic E-state index is 10.1. The van der Waals surface area contributed by atoms with E-state index in [-0.39, 0.29) is 5.48 Å². The van der Waals surface area contributed by atoms with Crippen molar-refractivity contribution in [1.29, 1.82) is 0 Å². The zero-order valence-corrected chi connectivity index (χ0v) is 6.26. The van der Waals surface area contributed by atoms with Gasteiger partial charge in [0.05, 0.1) is 4.92 Å². The van der Waals surface area contributed by atoms with Crippen LogP contribution in [-0.4, -0.2) is 25.7 Å². The summed E-state index contributed by atoms with van der Waals surface area (Å²) in [6.45, 7) is 0. The number of benzene rings is 1. The van der Waals surface area contributed by atoms with Crippen molar-refractivity contribution in [3.63, 3.8) is 0 Å². The van der Waals surface area contributed by atoms with Crippen molar-refractivity contribution in [3.05, 3.63) is 22.2 Å². The van der Waals surface area contributed by atoms with E-state index in [9.17, 15) is 10.1 Å². The SMILES string of the molecule is O.O=[N+]([O-])c1ccc(O)c(O)c1O. The number of nitro benzene ring substituents is 1. The van der Waals surface area contributed by atoms with Gasteiger partial charge in [-0.25, -0.2) is 0 Å². The summed E-state index contributed by atoms with van der Waals surface area (Å²) in [6.07, 6.45) is 0. The molecule has 0 unspecified atom stereocenters. The molecule has 0 aromatic heterocycles. The van der Waals surface area contributed by atoms with E-state index in [1.165, 1.54) is 0 Å². The molecule has 0 fully saturated rings. The van der Waals surface area contributed by atoms with Crippen LogP contribution in [0.5, 0.6) is 17.2 Å². The second kappa shape index (κ2) is 3.59. The van der Waals surface area contributed by atoms with Gasteiger partial charge in [-0.15, -0.1) is 0 Å². The van der Waals surface area contributed by atoms with Gasteiger partial charge in [-0.2, -0.15) is 0 Å². The summed E-state index contributed by atoms with van der Waals surface area (Å²) in [7, 11) is 0.